The van der Waals surface area contributed by atoms with Gasteiger partial charge >= 0.3 is 0 Å². The molecule has 2 aliphatic carbocycles. The number of amides is 1. The van der Waals surface area contributed by atoms with Crippen molar-refractivity contribution in [1.29, 1.82) is 0 Å². The van der Waals surface area contributed by atoms with Crippen molar-refractivity contribution in [1.82, 2.24) is 15.3 Å². The second-order valence-corrected chi connectivity index (χ2v) is 9.19. The molecule has 1 saturated carbocycles. The maximum absolute atomic E-state index is 13.2. The van der Waals surface area contributed by atoms with Crippen LogP contribution in [0.25, 0.3) is 0 Å². The number of allylic oxidation sites excluding steroid dienone is 1. The van der Waals surface area contributed by atoms with Gasteiger partial charge in [0.25, 0.3) is 0 Å². The van der Waals surface area contributed by atoms with E-state index in [-0.39, 0.29) is 30.0 Å². The van der Waals surface area contributed by atoms with Gasteiger partial charge in [0.2, 0.25) is 17.9 Å². The number of aliphatic hydroxyl groups excluding tert-OH is 1. The first-order chi connectivity index (χ1) is 12.7. The summed E-state index contributed by atoms with van der Waals surface area (Å²) in [5, 5.41) is 17.0. The minimum Gasteiger partial charge on any atom is -0.394 e. The van der Waals surface area contributed by atoms with Gasteiger partial charge in [-0.15, -0.1) is 0 Å². The summed E-state index contributed by atoms with van der Waals surface area (Å²) in [7, 11) is 3.93. The third-order valence-corrected chi connectivity index (χ3v) is 6.17. The zero-order valence-electron chi connectivity index (χ0n) is 16.8. The van der Waals surface area contributed by atoms with Crippen LogP contribution in [0.5, 0.6) is 0 Å². The lowest BCUT2D eigenvalue weighted by atomic mass is 9.87. The van der Waals surface area contributed by atoms with E-state index in [1.54, 1.807) is 6.20 Å². The molecule has 146 valence electrons. The summed E-state index contributed by atoms with van der Waals surface area (Å²) in [5.74, 6) is 2.02. The highest BCUT2D eigenvalue weighted by Gasteiger charge is 2.57. The van der Waals surface area contributed by atoms with Gasteiger partial charge in [-0.25, -0.2) is 14.6 Å². The third-order valence-electron chi connectivity index (χ3n) is 6.17. The number of nitrogens with one attached hydrogen (secondary N) is 1. The van der Waals surface area contributed by atoms with Crippen molar-refractivity contribution < 1.29 is 14.5 Å². The number of fused-ring (bicyclic) bond motifs is 2. The Labute approximate surface area is 160 Å². The third kappa shape index (κ3) is 3.02. The quantitative estimate of drug-likeness (QED) is 0.764. The van der Waals surface area contributed by atoms with Gasteiger partial charge in [-0.1, -0.05) is 20.8 Å². The fourth-order valence-corrected chi connectivity index (χ4v) is 4.47. The van der Waals surface area contributed by atoms with E-state index in [1.807, 2.05) is 56.8 Å². The standard InChI is InChI=1S/C20H29N5O2/c1-20(2,3)15(11-26)22-19(27)18-14-9-12-8-13(12)17(14)25(24(18)5)16-10-23(4)7-6-21-16/h6-7,10,12-13,15,18,26H,8-9,11H2,1-5H3/p+1/t12-,13-,15+,18?/m0/s1. The first-order valence-electron chi connectivity index (χ1n) is 9.70. The van der Waals surface area contributed by atoms with Crippen LogP contribution in [0.1, 0.15) is 33.6 Å². The number of hydrogen-bond acceptors (Lipinski definition) is 5. The van der Waals surface area contributed by atoms with Crippen LogP contribution in [0.15, 0.2) is 29.9 Å². The molecule has 1 aromatic rings. The van der Waals surface area contributed by atoms with E-state index >= 15 is 0 Å². The number of carbonyl (C=O) groups is 1. The molecule has 1 aromatic heterocycles. The Morgan fingerprint density at radius 2 is 2.22 bits per heavy atom. The SMILES string of the molecule is CN1C(C(=O)N[C@H](CO)C(C)(C)C)C2=C([C@H]3C[C@H]3C2)N1c1c[n+](C)ccn1. The van der Waals surface area contributed by atoms with Gasteiger partial charge in [0.15, 0.2) is 6.20 Å². The molecule has 7 nitrogen and oxygen atoms in total. The number of carbonyl (C=O) groups excluding carboxylic acids is 1. The molecule has 1 amide bonds. The Balaban J connectivity index is 1.65. The van der Waals surface area contributed by atoms with Crippen LogP contribution in [0, 0.1) is 17.3 Å². The number of anilines is 1. The predicted molar refractivity (Wildman–Crippen MR) is 101 cm³/mol. The van der Waals surface area contributed by atoms with Gasteiger partial charge in [0.05, 0.1) is 18.8 Å². The van der Waals surface area contributed by atoms with Crippen LogP contribution in [-0.2, 0) is 11.8 Å². The zero-order chi connectivity index (χ0) is 19.5. The highest BCUT2D eigenvalue weighted by Crippen LogP contribution is 2.60. The summed E-state index contributed by atoms with van der Waals surface area (Å²) in [5.41, 5.74) is 2.28. The fourth-order valence-electron chi connectivity index (χ4n) is 4.47. The van der Waals surface area contributed by atoms with Crippen molar-refractivity contribution in [3.05, 3.63) is 29.9 Å². The molecule has 1 fully saturated rings. The summed E-state index contributed by atoms with van der Waals surface area (Å²) in [6, 6.07) is -0.614. The van der Waals surface area contributed by atoms with Crippen LogP contribution in [0.2, 0.25) is 0 Å². The topological polar surface area (TPSA) is 72.6 Å². The number of aliphatic hydroxyl groups is 1. The van der Waals surface area contributed by atoms with Gasteiger partial charge in [0.1, 0.15) is 13.1 Å². The van der Waals surface area contributed by atoms with Crippen molar-refractivity contribution in [3.8, 4) is 0 Å². The minimum absolute atomic E-state index is 0.0388. The Morgan fingerprint density at radius 3 is 2.85 bits per heavy atom. The molecule has 0 saturated heterocycles. The summed E-state index contributed by atoms with van der Waals surface area (Å²) in [6.07, 6.45) is 7.87. The number of hydrogen-bond donors (Lipinski definition) is 2. The van der Waals surface area contributed by atoms with Crippen LogP contribution >= 0.6 is 0 Å². The molecule has 7 heteroatoms. The molecule has 3 aliphatic rings. The summed E-state index contributed by atoms with van der Waals surface area (Å²) in [4.78, 5) is 17.8. The molecular weight excluding hydrogens is 342 g/mol. The molecular formula is C20H30N5O2+. The summed E-state index contributed by atoms with van der Waals surface area (Å²) < 4.78 is 1.98. The van der Waals surface area contributed by atoms with E-state index < -0.39 is 0 Å². The van der Waals surface area contributed by atoms with Crippen LogP contribution in [0.4, 0.5) is 5.82 Å². The van der Waals surface area contributed by atoms with E-state index in [4.69, 9.17) is 0 Å². The van der Waals surface area contributed by atoms with Crippen molar-refractivity contribution in [2.45, 2.75) is 45.7 Å². The largest absolute Gasteiger partial charge is 0.394 e. The normalized spacial score (nSPS) is 28.2. The molecule has 27 heavy (non-hydrogen) atoms. The number of rotatable bonds is 4. The van der Waals surface area contributed by atoms with Crippen LogP contribution in [-0.4, -0.2) is 46.7 Å². The first-order valence-corrected chi connectivity index (χ1v) is 9.70. The molecule has 0 aromatic carbocycles. The molecule has 1 unspecified atom stereocenters. The Bertz CT molecular complexity index is 800. The van der Waals surface area contributed by atoms with Crippen LogP contribution in [0.3, 0.4) is 0 Å². The van der Waals surface area contributed by atoms with E-state index in [1.165, 1.54) is 17.7 Å². The Kier molecular flexibility index (Phi) is 4.27. The van der Waals surface area contributed by atoms with Crippen molar-refractivity contribution in [2.24, 2.45) is 24.3 Å². The van der Waals surface area contributed by atoms with E-state index in [2.05, 4.69) is 15.3 Å². The smallest absolute Gasteiger partial charge is 0.243 e. The maximum Gasteiger partial charge on any atom is 0.243 e. The van der Waals surface area contributed by atoms with Gasteiger partial charge in [-0.2, -0.15) is 0 Å². The van der Waals surface area contributed by atoms with E-state index in [0.717, 1.165) is 12.2 Å². The summed E-state index contributed by atoms with van der Waals surface area (Å²) >= 11 is 0. The number of aryl methyl sites for hydroxylation is 1. The number of aromatic nitrogens is 2. The van der Waals surface area contributed by atoms with E-state index in [0.29, 0.717) is 11.8 Å². The molecule has 4 atom stereocenters. The lowest BCUT2D eigenvalue weighted by Gasteiger charge is -2.34. The van der Waals surface area contributed by atoms with Gasteiger partial charge < -0.3 is 10.4 Å². The van der Waals surface area contributed by atoms with Crippen molar-refractivity contribution in [3.63, 3.8) is 0 Å². The van der Waals surface area contributed by atoms with Crippen molar-refractivity contribution in [2.75, 3.05) is 18.7 Å². The molecule has 2 N–H and O–H groups in total. The molecule has 4 rings (SSSR count). The molecule has 0 spiro atoms. The summed E-state index contributed by atoms with van der Waals surface area (Å²) in [6.45, 7) is 6.02. The Morgan fingerprint density at radius 1 is 1.48 bits per heavy atom. The number of nitrogens with zero attached hydrogens (tertiary/aromatic N) is 4. The molecule has 0 bridgehead atoms. The van der Waals surface area contributed by atoms with Gasteiger partial charge in [0, 0.05) is 18.7 Å². The molecule has 2 heterocycles. The highest BCUT2D eigenvalue weighted by atomic mass is 16.3. The highest BCUT2D eigenvalue weighted by molar-refractivity contribution is 5.87. The Hall–Kier alpha value is -1.99. The van der Waals surface area contributed by atoms with Crippen molar-refractivity contribution >= 4 is 11.7 Å². The average molecular weight is 372 g/mol. The maximum atomic E-state index is 13.2. The second kappa shape index (κ2) is 6.27. The molecule has 0 radical (unpaired) electrons. The van der Waals surface area contributed by atoms with E-state index in [9.17, 15) is 9.90 Å². The lowest BCUT2D eigenvalue weighted by Crippen LogP contribution is -2.54. The fraction of sp³-hybridized carbons (Fsp3) is 0.650. The number of likely N-dealkylation sites (N-methyl/N-ethyl adjacent to an activating group) is 1. The minimum atomic E-state index is -0.337. The second-order valence-electron chi connectivity index (χ2n) is 9.19. The monoisotopic (exact) mass is 372 g/mol. The van der Waals surface area contributed by atoms with Gasteiger partial charge in [-0.05, 0) is 29.7 Å². The number of hydrazine groups is 1. The predicted octanol–water partition coefficient (Wildman–Crippen LogP) is 0.759. The van der Waals surface area contributed by atoms with Crippen LogP contribution < -0.4 is 14.9 Å². The first kappa shape index (κ1) is 18.4. The zero-order valence-corrected chi connectivity index (χ0v) is 16.8. The average Bonchev–Trinajstić information content (AvgIpc) is 3.16. The van der Waals surface area contributed by atoms with Gasteiger partial charge in [-0.3, -0.25) is 9.80 Å². The lowest BCUT2D eigenvalue weighted by molar-refractivity contribution is -0.671. The molecule has 1 aliphatic heterocycles.